The Morgan fingerprint density at radius 1 is 1.16 bits per heavy atom. The van der Waals surface area contributed by atoms with E-state index in [4.69, 9.17) is 15.2 Å². The van der Waals surface area contributed by atoms with Crippen LogP contribution in [0.15, 0.2) is 18.2 Å². The molecule has 1 atom stereocenters. The zero-order chi connectivity index (χ0) is 14.5. The van der Waals surface area contributed by atoms with E-state index in [1.165, 1.54) is 18.2 Å². The summed E-state index contributed by atoms with van der Waals surface area (Å²) in [5, 5.41) is 0. The monoisotopic (exact) mass is 277 g/mol. The molecular weight excluding hydrogens is 259 g/mol. The topological polar surface area (TPSA) is 44.5 Å². The largest absolute Gasteiger partial charge is 0.490 e. The van der Waals surface area contributed by atoms with Crippen LogP contribution in [0.2, 0.25) is 0 Å². The third-order valence-corrected chi connectivity index (χ3v) is 2.44. The number of hydrogen-bond acceptors (Lipinski definition) is 3. The fourth-order valence-corrected chi connectivity index (χ4v) is 1.51. The summed E-state index contributed by atoms with van der Waals surface area (Å²) in [5.74, 6) is 0.718. The molecule has 0 heterocycles. The van der Waals surface area contributed by atoms with Gasteiger partial charge in [-0.25, -0.2) is 0 Å². The van der Waals surface area contributed by atoms with Crippen LogP contribution in [0.3, 0.4) is 0 Å². The van der Waals surface area contributed by atoms with Gasteiger partial charge in [0.05, 0.1) is 13.2 Å². The lowest BCUT2D eigenvalue weighted by Crippen LogP contribution is -2.28. The summed E-state index contributed by atoms with van der Waals surface area (Å²) in [6.45, 7) is 4.51. The third kappa shape index (κ3) is 4.31. The average Bonchev–Trinajstić information content (AvgIpc) is 2.35. The SMILES string of the molecule is CCCOc1ccc([C@H](N)C(F)(F)F)cc1OCC. The molecule has 1 aromatic carbocycles. The summed E-state index contributed by atoms with van der Waals surface area (Å²) in [7, 11) is 0. The lowest BCUT2D eigenvalue weighted by molar-refractivity contribution is -0.149. The van der Waals surface area contributed by atoms with Crippen LogP contribution in [0.1, 0.15) is 31.9 Å². The highest BCUT2D eigenvalue weighted by molar-refractivity contribution is 5.44. The summed E-state index contributed by atoms with van der Waals surface area (Å²) in [4.78, 5) is 0. The molecule has 0 aliphatic carbocycles. The van der Waals surface area contributed by atoms with Crippen molar-refractivity contribution in [2.75, 3.05) is 13.2 Å². The second kappa shape index (κ2) is 6.65. The number of nitrogens with two attached hydrogens (primary N) is 1. The van der Waals surface area contributed by atoms with Crippen molar-refractivity contribution in [1.82, 2.24) is 0 Å². The first-order chi connectivity index (χ1) is 8.90. The van der Waals surface area contributed by atoms with E-state index in [0.29, 0.717) is 19.0 Å². The molecule has 0 aromatic heterocycles. The Kier molecular flexibility index (Phi) is 5.47. The molecule has 0 aliphatic rings. The summed E-state index contributed by atoms with van der Waals surface area (Å²) < 4.78 is 48.4. The average molecular weight is 277 g/mol. The van der Waals surface area contributed by atoms with Crippen molar-refractivity contribution in [3.63, 3.8) is 0 Å². The maximum atomic E-state index is 12.6. The van der Waals surface area contributed by atoms with Gasteiger partial charge in [-0.15, -0.1) is 0 Å². The Balaban J connectivity index is 3.01. The van der Waals surface area contributed by atoms with Crippen LogP contribution in [0, 0.1) is 0 Å². The number of benzene rings is 1. The molecule has 19 heavy (non-hydrogen) atoms. The fraction of sp³-hybridized carbons (Fsp3) is 0.538. The zero-order valence-electron chi connectivity index (χ0n) is 11.0. The molecule has 0 saturated heterocycles. The summed E-state index contributed by atoms with van der Waals surface area (Å²) in [5.41, 5.74) is 5.12. The highest BCUT2D eigenvalue weighted by Gasteiger charge is 2.38. The van der Waals surface area contributed by atoms with Gasteiger partial charge < -0.3 is 15.2 Å². The van der Waals surface area contributed by atoms with Crippen molar-refractivity contribution in [1.29, 1.82) is 0 Å². The normalized spacial score (nSPS) is 13.2. The van der Waals surface area contributed by atoms with Gasteiger partial charge in [0, 0.05) is 0 Å². The van der Waals surface area contributed by atoms with E-state index in [1.54, 1.807) is 6.92 Å². The van der Waals surface area contributed by atoms with Crippen molar-refractivity contribution in [3.05, 3.63) is 23.8 Å². The van der Waals surface area contributed by atoms with Crippen LogP contribution in [-0.2, 0) is 0 Å². The molecule has 1 aromatic rings. The first kappa shape index (κ1) is 15.6. The Hall–Kier alpha value is -1.43. The molecule has 0 fully saturated rings. The van der Waals surface area contributed by atoms with Gasteiger partial charge in [0.1, 0.15) is 6.04 Å². The highest BCUT2D eigenvalue weighted by Crippen LogP contribution is 2.35. The number of rotatable bonds is 6. The lowest BCUT2D eigenvalue weighted by Gasteiger charge is -2.18. The number of alkyl halides is 3. The van der Waals surface area contributed by atoms with Gasteiger partial charge in [0.25, 0.3) is 0 Å². The molecule has 108 valence electrons. The molecule has 0 aliphatic heterocycles. The Morgan fingerprint density at radius 2 is 1.84 bits per heavy atom. The molecule has 6 heteroatoms. The molecule has 0 amide bonds. The van der Waals surface area contributed by atoms with E-state index in [9.17, 15) is 13.2 Å². The molecule has 0 unspecified atom stereocenters. The zero-order valence-corrected chi connectivity index (χ0v) is 11.0. The summed E-state index contributed by atoms with van der Waals surface area (Å²) in [6, 6.07) is 2.03. The summed E-state index contributed by atoms with van der Waals surface area (Å²) >= 11 is 0. The molecule has 0 saturated carbocycles. The van der Waals surface area contributed by atoms with E-state index >= 15 is 0 Å². The minimum Gasteiger partial charge on any atom is -0.490 e. The van der Waals surface area contributed by atoms with Crippen molar-refractivity contribution >= 4 is 0 Å². The number of ether oxygens (including phenoxy) is 2. The lowest BCUT2D eigenvalue weighted by atomic mass is 10.1. The second-order valence-corrected chi connectivity index (χ2v) is 4.01. The van der Waals surface area contributed by atoms with Crippen LogP contribution in [0.5, 0.6) is 11.5 Å². The van der Waals surface area contributed by atoms with Gasteiger partial charge in [-0.05, 0) is 31.0 Å². The van der Waals surface area contributed by atoms with E-state index in [0.717, 1.165) is 6.42 Å². The van der Waals surface area contributed by atoms with E-state index in [1.807, 2.05) is 6.92 Å². The highest BCUT2D eigenvalue weighted by atomic mass is 19.4. The van der Waals surface area contributed by atoms with Crippen LogP contribution < -0.4 is 15.2 Å². The van der Waals surface area contributed by atoms with Crippen LogP contribution in [0.25, 0.3) is 0 Å². The van der Waals surface area contributed by atoms with Gasteiger partial charge >= 0.3 is 6.18 Å². The smallest absolute Gasteiger partial charge is 0.407 e. The Morgan fingerprint density at radius 3 is 2.37 bits per heavy atom. The van der Waals surface area contributed by atoms with Gasteiger partial charge in [-0.1, -0.05) is 13.0 Å². The van der Waals surface area contributed by atoms with Gasteiger partial charge in [0.2, 0.25) is 0 Å². The molecular formula is C13H18F3NO2. The number of hydrogen-bond donors (Lipinski definition) is 1. The number of halogens is 3. The quantitative estimate of drug-likeness (QED) is 0.866. The second-order valence-electron chi connectivity index (χ2n) is 4.01. The van der Waals surface area contributed by atoms with Gasteiger partial charge in [-0.2, -0.15) is 13.2 Å². The van der Waals surface area contributed by atoms with E-state index < -0.39 is 12.2 Å². The molecule has 2 N–H and O–H groups in total. The standard InChI is InChI=1S/C13H18F3NO2/c1-3-7-19-10-6-5-9(8-11(10)18-4-2)12(17)13(14,15)16/h5-6,8,12H,3-4,7,17H2,1-2H3/t12-/m0/s1. The van der Waals surface area contributed by atoms with Crippen molar-refractivity contribution in [2.45, 2.75) is 32.5 Å². The van der Waals surface area contributed by atoms with E-state index in [-0.39, 0.29) is 11.3 Å². The van der Waals surface area contributed by atoms with Gasteiger partial charge in [0.15, 0.2) is 11.5 Å². The minimum absolute atomic E-state index is 0.0419. The third-order valence-electron chi connectivity index (χ3n) is 2.44. The van der Waals surface area contributed by atoms with Crippen LogP contribution in [0.4, 0.5) is 13.2 Å². The van der Waals surface area contributed by atoms with Gasteiger partial charge in [-0.3, -0.25) is 0 Å². The fourth-order valence-electron chi connectivity index (χ4n) is 1.51. The molecule has 0 radical (unpaired) electrons. The Labute approximate surface area is 110 Å². The summed E-state index contributed by atoms with van der Waals surface area (Å²) in [6.07, 6.45) is -3.68. The predicted molar refractivity (Wildman–Crippen MR) is 66.4 cm³/mol. The maximum absolute atomic E-state index is 12.6. The minimum atomic E-state index is -4.48. The molecule has 3 nitrogen and oxygen atoms in total. The van der Waals surface area contributed by atoms with Crippen molar-refractivity contribution in [3.8, 4) is 11.5 Å². The molecule has 0 bridgehead atoms. The molecule has 1 rings (SSSR count). The first-order valence-electron chi connectivity index (χ1n) is 6.12. The Bertz CT molecular complexity index is 407. The van der Waals surface area contributed by atoms with Crippen molar-refractivity contribution in [2.24, 2.45) is 5.73 Å². The van der Waals surface area contributed by atoms with Crippen LogP contribution in [-0.4, -0.2) is 19.4 Å². The van der Waals surface area contributed by atoms with Crippen LogP contribution >= 0.6 is 0 Å². The maximum Gasteiger partial charge on any atom is 0.407 e. The predicted octanol–water partition coefficient (Wildman–Crippen LogP) is 3.44. The molecule has 0 spiro atoms. The first-order valence-corrected chi connectivity index (χ1v) is 6.12. The van der Waals surface area contributed by atoms with E-state index in [2.05, 4.69) is 0 Å². The van der Waals surface area contributed by atoms with Crippen molar-refractivity contribution < 1.29 is 22.6 Å².